The van der Waals surface area contributed by atoms with E-state index in [1.807, 2.05) is 25.7 Å². The molecule has 9 heavy (non-hydrogen) atoms. The predicted octanol–water partition coefficient (Wildman–Crippen LogP) is 1.15. The summed E-state index contributed by atoms with van der Waals surface area (Å²) in [5.74, 6) is 1.07. The van der Waals surface area contributed by atoms with E-state index in [-0.39, 0.29) is 0 Å². The third-order valence-corrected chi connectivity index (χ3v) is 1.06. The van der Waals surface area contributed by atoms with Gasteiger partial charge in [-0.2, -0.15) is 0 Å². The first-order chi connectivity index (χ1) is 4.43. The third-order valence-electron chi connectivity index (χ3n) is 1.06. The minimum atomic E-state index is 0.771. The lowest BCUT2D eigenvalue weighted by molar-refractivity contribution is -0.104. The number of aldehydes is 1. The van der Waals surface area contributed by atoms with Crippen molar-refractivity contribution >= 4 is 6.29 Å². The summed E-state index contributed by atoms with van der Waals surface area (Å²) in [6.45, 7) is 0. The molecule has 0 saturated heterocycles. The second kappa shape index (κ2) is 3.44. The van der Waals surface area contributed by atoms with Gasteiger partial charge in [0.25, 0.3) is 0 Å². The van der Waals surface area contributed by atoms with Crippen LogP contribution in [-0.2, 0) is 4.79 Å². The summed E-state index contributed by atoms with van der Waals surface area (Å²) >= 11 is 0. The highest BCUT2D eigenvalue weighted by molar-refractivity contribution is 5.66. The lowest BCUT2D eigenvalue weighted by atomic mass is 10.1. The van der Waals surface area contributed by atoms with E-state index in [0.29, 0.717) is 0 Å². The average molecular weight is 119 g/mol. The molecule has 1 rings (SSSR count). The molecule has 0 unspecified atom stereocenters. The van der Waals surface area contributed by atoms with Gasteiger partial charge in [-0.1, -0.05) is 6.08 Å². The van der Waals surface area contributed by atoms with Crippen molar-refractivity contribution in [1.29, 1.82) is 0 Å². The maximum atomic E-state index is 9.81. The van der Waals surface area contributed by atoms with Crippen LogP contribution in [0.25, 0.3) is 0 Å². The molecule has 1 aliphatic rings. The molecule has 1 saturated carbocycles. The molecule has 1 heteroatoms. The van der Waals surface area contributed by atoms with Crippen molar-refractivity contribution < 1.29 is 4.79 Å². The van der Waals surface area contributed by atoms with Crippen LogP contribution in [-0.4, -0.2) is 6.29 Å². The molecule has 0 heterocycles. The fraction of sp³-hybridized carbons (Fsp3) is 0. The minimum absolute atomic E-state index is 0.771. The molecule has 0 atom stereocenters. The highest BCUT2D eigenvalue weighted by atomic mass is 16.1. The SMILES string of the molecule is O=C/C=C/[C]1[CH][CH][CH][CH]1. The van der Waals surface area contributed by atoms with Crippen LogP contribution >= 0.6 is 0 Å². The van der Waals surface area contributed by atoms with E-state index in [2.05, 4.69) is 0 Å². The Morgan fingerprint density at radius 3 is 2.44 bits per heavy atom. The molecule has 0 aromatic carbocycles. The zero-order valence-corrected chi connectivity index (χ0v) is 4.95. The van der Waals surface area contributed by atoms with Gasteiger partial charge in [0.15, 0.2) is 0 Å². The smallest absolute Gasteiger partial charge is 0.142 e. The Kier molecular flexibility index (Phi) is 2.49. The maximum absolute atomic E-state index is 9.81. The van der Waals surface area contributed by atoms with Gasteiger partial charge in [-0.15, -0.1) is 0 Å². The monoisotopic (exact) mass is 119 g/mol. The van der Waals surface area contributed by atoms with Gasteiger partial charge in [-0.05, 0) is 31.8 Å². The second-order valence-electron chi connectivity index (χ2n) is 1.71. The molecule has 1 aliphatic carbocycles. The Morgan fingerprint density at radius 1 is 1.22 bits per heavy atom. The van der Waals surface area contributed by atoms with E-state index in [9.17, 15) is 4.79 Å². The largest absolute Gasteiger partial charge is 0.299 e. The first kappa shape index (κ1) is 6.53. The van der Waals surface area contributed by atoms with Gasteiger partial charge in [0.05, 0.1) is 0 Å². The minimum Gasteiger partial charge on any atom is -0.299 e. The van der Waals surface area contributed by atoms with E-state index < -0.39 is 0 Å². The van der Waals surface area contributed by atoms with Gasteiger partial charge < -0.3 is 0 Å². The summed E-state index contributed by atoms with van der Waals surface area (Å²) in [6.07, 6.45) is 11.8. The van der Waals surface area contributed by atoms with Crippen LogP contribution in [0.15, 0.2) is 12.2 Å². The predicted molar refractivity (Wildman–Crippen MR) is 35.6 cm³/mol. The topological polar surface area (TPSA) is 17.1 Å². The number of rotatable bonds is 2. The summed E-state index contributed by atoms with van der Waals surface area (Å²) in [6, 6.07) is 0. The van der Waals surface area contributed by atoms with Gasteiger partial charge in [-0.3, -0.25) is 4.79 Å². The Labute approximate surface area is 55.8 Å². The fourth-order valence-electron chi connectivity index (χ4n) is 0.650. The standard InChI is InChI=1S/C8H7O/c9-7-3-6-8-4-1-2-5-8/h1-7H/b6-3+. The second-order valence-corrected chi connectivity index (χ2v) is 1.71. The van der Waals surface area contributed by atoms with Crippen molar-refractivity contribution in [2.24, 2.45) is 0 Å². The molecular weight excluding hydrogens is 112 g/mol. The van der Waals surface area contributed by atoms with E-state index in [1.54, 1.807) is 6.08 Å². The number of hydrogen-bond acceptors (Lipinski definition) is 1. The van der Waals surface area contributed by atoms with E-state index >= 15 is 0 Å². The summed E-state index contributed by atoms with van der Waals surface area (Å²) in [5, 5.41) is 0. The molecule has 0 aromatic heterocycles. The van der Waals surface area contributed by atoms with E-state index in [1.165, 1.54) is 6.08 Å². The normalized spacial score (nSPS) is 21.3. The summed E-state index contributed by atoms with van der Waals surface area (Å²) in [5.41, 5.74) is 0. The molecule has 0 aromatic rings. The van der Waals surface area contributed by atoms with Gasteiger partial charge in [0, 0.05) is 5.92 Å². The average Bonchev–Trinajstić information content (AvgIpc) is 2.34. The Balaban J connectivity index is 2.25. The molecule has 5 radical (unpaired) electrons. The van der Waals surface area contributed by atoms with Crippen LogP contribution in [0.1, 0.15) is 0 Å². The quantitative estimate of drug-likeness (QED) is 0.393. The van der Waals surface area contributed by atoms with Crippen LogP contribution in [0.2, 0.25) is 0 Å². The molecule has 0 aliphatic heterocycles. The van der Waals surface area contributed by atoms with Crippen molar-refractivity contribution in [2.45, 2.75) is 0 Å². The van der Waals surface area contributed by atoms with Crippen molar-refractivity contribution in [3.8, 4) is 0 Å². The van der Waals surface area contributed by atoms with Crippen LogP contribution in [0.4, 0.5) is 0 Å². The van der Waals surface area contributed by atoms with Crippen molar-refractivity contribution in [3.63, 3.8) is 0 Å². The Hall–Kier alpha value is -0.590. The lowest BCUT2D eigenvalue weighted by Crippen LogP contribution is -1.83. The van der Waals surface area contributed by atoms with Crippen LogP contribution in [0.5, 0.6) is 0 Å². The molecule has 0 spiro atoms. The Morgan fingerprint density at radius 2 is 1.89 bits per heavy atom. The van der Waals surface area contributed by atoms with E-state index in [0.717, 1.165) is 12.2 Å². The first-order valence-corrected chi connectivity index (χ1v) is 2.77. The fourth-order valence-corrected chi connectivity index (χ4v) is 0.650. The zero-order chi connectivity index (χ0) is 6.53. The molecule has 0 bridgehead atoms. The highest BCUT2D eigenvalue weighted by Crippen LogP contribution is 2.23. The molecule has 45 valence electrons. The number of carbonyl (C=O) groups is 1. The maximum Gasteiger partial charge on any atom is 0.142 e. The van der Waals surface area contributed by atoms with Gasteiger partial charge in [-0.25, -0.2) is 0 Å². The third kappa shape index (κ3) is 2.00. The van der Waals surface area contributed by atoms with Crippen molar-refractivity contribution in [2.75, 3.05) is 0 Å². The van der Waals surface area contributed by atoms with Gasteiger partial charge in [0.2, 0.25) is 0 Å². The molecule has 1 fully saturated rings. The van der Waals surface area contributed by atoms with Crippen LogP contribution < -0.4 is 0 Å². The molecule has 0 amide bonds. The first-order valence-electron chi connectivity index (χ1n) is 2.77. The van der Waals surface area contributed by atoms with Crippen LogP contribution in [0.3, 0.4) is 0 Å². The van der Waals surface area contributed by atoms with Gasteiger partial charge in [0.1, 0.15) is 6.29 Å². The number of hydrogen-bond donors (Lipinski definition) is 0. The molecule has 1 nitrogen and oxygen atoms in total. The van der Waals surface area contributed by atoms with Crippen molar-refractivity contribution in [1.82, 2.24) is 0 Å². The van der Waals surface area contributed by atoms with E-state index in [4.69, 9.17) is 0 Å². The van der Waals surface area contributed by atoms with Crippen molar-refractivity contribution in [3.05, 3.63) is 43.8 Å². The zero-order valence-electron chi connectivity index (χ0n) is 4.95. The van der Waals surface area contributed by atoms with Gasteiger partial charge >= 0.3 is 0 Å². The summed E-state index contributed by atoms with van der Waals surface area (Å²) in [7, 11) is 0. The Bertz CT molecular complexity index is 110. The molecule has 0 N–H and O–H groups in total. The highest BCUT2D eigenvalue weighted by Gasteiger charge is 2.12. The molecular formula is C8H7O. The summed E-state index contributed by atoms with van der Waals surface area (Å²) < 4.78 is 0. The number of carbonyl (C=O) groups excluding carboxylic acids is 1. The summed E-state index contributed by atoms with van der Waals surface area (Å²) in [4.78, 5) is 9.81. The lowest BCUT2D eigenvalue weighted by Gasteiger charge is -1.94. The van der Waals surface area contributed by atoms with Crippen LogP contribution in [0, 0.1) is 31.6 Å². The number of allylic oxidation sites excluding steroid dienone is 2.